The SMILES string of the molecule is COc1cc2c(N[C@H](C)c3cccc(Br)c3)nc(C)nc2cc1OCCCCCCCCCC(=O)N(C)Cc1scc2c1CN(C1CCC(=O)NC1=O)C2=O. The molecule has 0 saturated carbocycles. The number of ether oxygens (including phenoxy) is 2. The van der Waals surface area contributed by atoms with E-state index in [0.717, 1.165) is 82.1 Å². The molecule has 2 aromatic carbocycles. The van der Waals surface area contributed by atoms with Gasteiger partial charge in [0, 0.05) is 52.6 Å². The van der Waals surface area contributed by atoms with E-state index < -0.39 is 11.9 Å². The summed E-state index contributed by atoms with van der Waals surface area (Å²) in [4.78, 5) is 63.5. The number of nitrogens with one attached hydrogen (secondary N) is 2. The number of hydrogen-bond donors (Lipinski definition) is 2. The van der Waals surface area contributed by atoms with Gasteiger partial charge in [-0.1, -0.05) is 60.2 Å². The predicted molar refractivity (Wildman–Crippen MR) is 216 cm³/mol. The van der Waals surface area contributed by atoms with Gasteiger partial charge < -0.3 is 24.6 Å². The average molecular weight is 834 g/mol. The molecule has 55 heavy (non-hydrogen) atoms. The minimum Gasteiger partial charge on any atom is -0.493 e. The predicted octanol–water partition coefficient (Wildman–Crippen LogP) is 7.86. The zero-order valence-corrected chi connectivity index (χ0v) is 34.3. The van der Waals surface area contributed by atoms with Gasteiger partial charge in [0.25, 0.3) is 5.91 Å². The van der Waals surface area contributed by atoms with E-state index in [2.05, 4.69) is 50.6 Å². The van der Waals surface area contributed by atoms with E-state index in [9.17, 15) is 19.2 Å². The molecule has 4 amide bonds. The summed E-state index contributed by atoms with van der Waals surface area (Å²) >= 11 is 5.04. The minimum atomic E-state index is -0.640. The Balaban J connectivity index is 0.880. The number of aromatic nitrogens is 2. The van der Waals surface area contributed by atoms with Crippen molar-refractivity contribution in [3.8, 4) is 11.5 Å². The summed E-state index contributed by atoms with van der Waals surface area (Å²) in [5, 5.41) is 8.58. The first kappa shape index (κ1) is 40.1. The second-order valence-electron chi connectivity index (χ2n) is 14.3. The third-order valence-electron chi connectivity index (χ3n) is 10.3. The number of nitrogens with zero attached hydrogens (tertiary/aromatic N) is 4. The van der Waals surface area contributed by atoms with Gasteiger partial charge in [0.1, 0.15) is 17.7 Å². The topological polar surface area (TPSA) is 143 Å². The quantitative estimate of drug-likeness (QED) is 0.0757. The van der Waals surface area contributed by atoms with E-state index in [0.29, 0.717) is 55.4 Å². The zero-order chi connectivity index (χ0) is 39.1. The summed E-state index contributed by atoms with van der Waals surface area (Å²) in [6, 6.07) is 11.5. The molecule has 2 aliphatic heterocycles. The normalized spacial score (nSPS) is 15.9. The van der Waals surface area contributed by atoms with Crippen LogP contribution in [0, 0.1) is 6.92 Å². The van der Waals surface area contributed by atoms with Gasteiger partial charge in [0.15, 0.2) is 11.5 Å². The molecular formula is C41H49BrN6O6S. The Morgan fingerprint density at radius 1 is 1.07 bits per heavy atom. The Kier molecular flexibility index (Phi) is 13.4. The Morgan fingerprint density at radius 2 is 1.84 bits per heavy atom. The summed E-state index contributed by atoms with van der Waals surface area (Å²) in [5.41, 5.74) is 3.42. The molecule has 4 heterocycles. The third kappa shape index (κ3) is 9.82. The first-order chi connectivity index (χ1) is 26.5. The fourth-order valence-electron chi connectivity index (χ4n) is 7.17. The first-order valence-electron chi connectivity index (χ1n) is 19.0. The monoisotopic (exact) mass is 832 g/mol. The summed E-state index contributed by atoms with van der Waals surface area (Å²) in [6.07, 6.45) is 8.12. The van der Waals surface area contributed by atoms with Crippen LogP contribution in [0.1, 0.15) is 109 Å². The van der Waals surface area contributed by atoms with Crippen molar-refractivity contribution in [3.63, 3.8) is 0 Å². The highest BCUT2D eigenvalue weighted by Crippen LogP contribution is 2.37. The van der Waals surface area contributed by atoms with Crippen molar-refractivity contribution >= 4 is 67.6 Å². The number of fused-ring (bicyclic) bond motifs is 2. The highest BCUT2D eigenvalue weighted by atomic mass is 79.9. The smallest absolute Gasteiger partial charge is 0.256 e. The van der Waals surface area contributed by atoms with Gasteiger partial charge in [-0.25, -0.2) is 9.97 Å². The number of aryl methyl sites for hydroxylation is 1. The largest absolute Gasteiger partial charge is 0.493 e. The van der Waals surface area contributed by atoms with Gasteiger partial charge in [0.05, 0.1) is 37.4 Å². The number of benzene rings is 2. The molecule has 4 aromatic rings. The minimum absolute atomic E-state index is 0.0307. The van der Waals surface area contributed by atoms with Crippen molar-refractivity contribution < 1.29 is 28.7 Å². The number of carbonyl (C=O) groups is 4. The number of anilines is 1. The molecule has 6 rings (SSSR count). The number of unbranched alkanes of at least 4 members (excludes halogenated alkanes) is 6. The van der Waals surface area contributed by atoms with Crippen LogP contribution < -0.4 is 20.1 Å². The summed E-state index contributed by atoms with van der Waals surface area (Å²) in [5.74, 6) is 1.90. The maximum absolute atomic E-state index is 13.0. The lowest BCUT2D eigenvalue weighted by Crippen LogP contribution is -2.52. The number of thiophene rings is 1. The average Bonchev–Trinajstić information content (AvgIpc) is 3.70. The number of rotatable bonds is 18. The molecule has 2 aromatic heterocycles. The van der Waals surface area contributed by atoms with Crippen molar-refractivity contribution in [1.29, 1.82) is 0 Å². The standard InChI is InChI=1S/C41H49BrN6O6S/c1-25(27-13-12-14-28(42)19-27)43-39-29-20-34(53-4)35(21-32(29)44-26(2)45-39)54-18-11-9-7-5-6-8-10-15-38(50)47(3)23-36-30-22-48(41(52)31(30)24-55-36)33-16-17-37(49)46-40(33)51/h12-14,19-21,24-25,33H,5-11,15-18,22-23H2,1-4H3,(H,43,44,45)(H,46,49,51)/t25-,33?/m1/s1. The fraction of sp³-hybridized carbons (Fsp3) is 0.463. The van der Waals surface area contributed by atoms with Crippen molar-refractivity contribution in [2.75, 3.05) is 26.1 Å². The maximum Gasteiger partial charge on any atom is 0.256 e. The number of hydrogen-bond acceptors (Lipinski definition) is 10. The maximum atomic E-state index is 13.0. The molecule has 2 N–H and O–H groups in total. The van der Waals surface area contributed by atoms with Crippen LogP contribution in [0.4, 0.5) is 5.82 Å². The molecule has 1 unspecified atom stereocenters. The lowest BCUT2D eigenvalue weighted by Gasteiger charge is -2.29. The van der Waals surface area contributed by atoms with Crippen LogP contribution in [-0.2, 0) is 27.5 Å². The van der Waals surface area contributed by atoms with Crippen molar-refractivity contribution in [2.24, 2.45) is 0 Å². The highest BCUT2D eigenvalue weighted by Gasteiger charge is 2.40. The Hall–Kier alpha value is -4.56. The number of piperidine rings is 1. The molecule has 292 valence electrons. The fourth-order valence-corrected chi connectivity index (χ4v) is 8.68. The van der Waals surface area contributed by atoms with E-state index in [1.807, 2.05) is 36.6 Å². The van der Waals surface area contributed by atoms with Crippen molar-refractivity contribution in [1.82, 2.24) is 25.1 Å². The number of amides is 4. The molecular weight excluding hydrogens is 784 g/mol. The molecule has 2 aliphatic rings. The van der Waals surface area contributed by atoms with E-state index in [-0.39, 0.29) is 30.2 Å². The van der Waals surface area contributed by atoms with Gasteiger partial charge in [-0.2, -0.15) is 0 Å². The van der Waals surface area contributed by atoms with Gasteiger partial charge in [0.2, 0.25) is 17.7 Å². The second-order valence-corrected chi connectivity index (χ2v) is 16.2. The van der Waals surface area contributed by atoms with Crippen LogP contribution in [0.2, 0.25) is 0 Å². The van der Waals surface area contributed by atoms with Crippen LogP contribution in [0.3, 0.4) is 0 Å². The Labute approximate surface area is 334 Å². The molecule has 14 heteroatoms. The zero-order valence-electron chi connectivity index (χ0n) is 31.9. The summed E-state index contributed by atoms with van der Waals surface area (Å²) < 4.78 is 12.9. The van der Waals surface area contributed by atoms with E-state index in [4.69, 9.17) is 14.5 Å². The number of carbonyl (C=O) groups excluding carboxylic acids is 4. The van der Waals surface area contributed by atoms with Crippen LogP contribution in [-0.4, -0.2) is 70.2 Å². The number of methoxy groups -OCH3 is 1. The number of imide groups is 1. The van der Waals surface area contributed by atoms with Gasteiger partial charge in [-0.05, 0) is 62.4 Å². The molecule has 0 spiro atoms. The summed E-state index contributed by atoms with van der Waals surface area (Å²) in [6.45, 7) is 5.33. The second kappa shape index (κ2) is 18.4. The molecule has 0 aliphatic carbocycles. The first-order valence-corrected chi connectivity index (χ1v) is 20.7. The Bertz CT molecular complexity index is 2050. The van der Waals surface area contributed by atoms with Gasteiger partial charge >= 0.3 is 0 Å². The Morgan fingerprint density at radius 3 is 2.58 bits per heavy atom. The van der Waals surface area contributed by atoms with E-state index >= 15 is 0 Å². The lowest BCUT2D eigenvalue weighted by molar-refractivity contribution is -0.137. The molecule has 1 saturated heterocycles. The molecule has 12 nitrogen and oxygen atoms in total. The van der Waals surface area contributed by atoms with Crippen LogP contribution in [0.15, 0.2) is 46.3 Å². The van der Waals surface area contributed by atoms with Gasteiger partial charge in [-0.3, -0.25) is 24.5 Å². The molecule has 0 radical (unpaired) electrons. The van der Waals surface area contributed by atoms with Crippen LogP contribution in [0.5, 0.6) is 11.5 Å². The van der Waals surface area contributed by atoms with Crippen LogP contribution >= 0.6 is 27.3 Å². The van der Waals surface area contributed by atoms with E-state index in [1.54, 1.807) is 24.0 Å². The highest BCUT2D eigenvalue weighted by molar-refractivity contribution is 9.10. The van der Waals surface area contributed by atoms with E-state index in [1.165, 1.54) is 11.3 Å². The molecule has 0 bridgehead atoms. The lowest BCUT2D eigenvalue weighted by atomic mass is 10.0. The van der Waals surface area contributed by atoms with Crippen LogP contribution in [0.25, 0.3) is 10.9 Å². The summed E-state index contributed by atoms with van der Waals surface area (Å²) in [7, 11) is 3.44. The van der Waals surface area contributed by atoms with Crippen molar-refractivity contribution in [3.05, 3.63) is 73.6 Å². The van der Waals surface area contributed by atoms with Gasteiger partial charge in [-0.15, -0.1) is 11.3 Å². The molecule has 1 fully saturated rings. The molecule has 2 atom stereocenters. The third-order valence-corrected chi connectivity index (χ3v) is 11.8. The number of halogens is 1. The van der Waals surface area contributed by atoms with Crippen molar-refractivity contribution in [2.45, 2.75) is 103 Å².